The first-order valence-electron chi connectivity index (χ1n) is 14.8. The third-order valence-corrected chi connectivity index (χ3v) is 8.90. The lowest BCUT2D eigenvalue weighted by molar-refractivity contribution is -0.138. The maximum Gasteiger partial charge on any atom is 0.317 e. The predicted octanol–water partition coefficient (Wildman–Crippen LogP) is 8.91. The summed E-state index contributed by atoms with van der Waals surface area (Å²) in [7, 11) is 0. The third kappa shape index (κ3) is 9.21. The standard InChI is InChI=1S/C34H43N3O3S2/c1-6-8-25(9-7-2)26-14-16-28(17-15-26)40-21-24-10-12-27(13-11-24)29-22-41-31(35-29)18-37(20-33(38)39)19-32-36-30(23-42-32)34(3,4)5/h10-17,22-23,25H,6-9,18-21H2,1-5H3,(H,38,39). The van der Waals surface area contributed by atoms with Crippen LogP contribution in [-0.4, -0.2) is 32.5 Å². The summed E-state index contributed by atoms with van der Waals surface area (Å²) in [5.74, 6) is 0.662. The summed E-state index contributed by atoms with van der Waals surface area (Å²) in [6.45, 7) is 12.3. The van der Waals surface area contributed by atoms with Gasteiger partial charge in [-0.1, -0.05) is 83.9 Å². The van der Waals surface area contributed by atoms with E-state index in [1.807, 2.05) is 10.3 Å². The molecule has 2 heterocycles. The number of ether oxygens (including phenoxy) is 1. The van der Waals surface area contributed by atoms with Gasteiger partial charge in [0.25, 0.3) is 0 Å². The van der Waals surface area contributed by atoms with Crippen LogP contribution in [0.5, 0.6) is 5.75 Å². The first-order valence-corrected chi connectivity index (χ1v) is 16.6. The number of hydrogen-bond acceptors (Lipinski definition) is 7. The van der Waals surface area contributed by atoms with Crippen LogP contribution in [0.3, 0.4) is 0 Å². The van der Waals surface area contributed by atoms with Gasteiger partial charge in [0.15, 0.2) is 0 Å². The van der Waals surface area contributed by atoms with Crippen LogP contribution in [0, 0.1) is 0 Å². The summed E-state index contributed by atoms with van der Waals surface area (Å²) in [6, 6.07) is 16.9. The number of aromatic nitrogens is 2. The van der Waals surface area contributed by atoms with Crippen molar-refractivity contribution in [3.8, 4) is 17.0 Å². The van der Waals surface area contributed by atoms with E-state index in [0.29, 0.717) is 25.6 Å². The number of thiazole rings is 2. The number of aliphatic carboxylic acids is 1. The van der Waals surface area contributed by atoms with E-state index in [4.69, 9.17) is 14.7 Å². The molecule has 0 radical (unpaired) electrons. The van der Waals surface area contributed by atoms with Crippen molar-refractivity contribution in [2.75, 3.05) is 6.54 Å². The van der Waals surface area contributed by atoms with Crippen molar-refractivity contribution in [1.82, 2.24) is 14.9 Å². The van der Waals surface area contributed by atoms with E-state index < -0.39 is 5.97 Å². The van der Waals surface area contributed by atoms with Crippen molar-refractivity contribution < 1.29 is 14.6 Å². The van der Waals surface area contributed by atoms with E-state index in [1.54, 1.807) is 22.7 Å². The zero-order valence-corrected chi connectivity index (χ0v) is 27.1. The van der Waals surface area contributed by atoms with Crippen molar-refractivity contribution in [1.29, 1.82) is 0 Å². The van der Waals surface area contributed by atoms with Gasteiger partial charge in [-0.15, -0.1) is 22.7 Å². The molecule has 0 spiro atoms. The molecule has 224 valence electrons. The Morgan fingerprint density at radius 3 is 2.10 bits per heavy atom. The minimum Gasteiger partial charge on any atom is -0.489 e. The molecule has 0 saturated carbocycles. The SMILES string of the molecule is CCCC(CCC)c1ccc(OCc2ccc(-c3csc(CN(CC(=O)O)Cc4nc(C(C)(C)C)cs4)n3)cc2)cc1. The molecule has 0 atom stereocenters. The zero-order valence-electron chi connectivity index (χ0n) is 25.4. The summed E-state index contributed by atoms with van der Waals surface area (Å²) < 4.78 is 6.07. The summed E-state index contributed by atoms with van der Waals surface area (Å²) in [5, 5.41) is 15.4. The lowest BCUT2D eigenvalue weighted by Gasteiger charge is -2.18. The molecule has 2 aromatic carbocycles. The molecule has 0 aliphatic heterocycles. The maximum absolute atomic E-state index is 11.6. The second-order valence-corrected chi connectivity index (χ2v) is 13.8. The number of carboxylic acid groups (broad SMARTS) is 1. The predicted molar refractivity (Wildman–Crippen MR) is 173 cm³/mol. The van der Waals surface area contributed by atoms with Crippen LogP contribution in [0.2, 0.25) is 0 Å². The van der Waals surface area contributed by atoms with Crippen molar-refractivity contribution in [2.24, 2.45) is 0 Å². The maximum atomic E-state index is 11.6. The summed E-state index contributed by atoms with van der Waals surface area (Å²) in [5.41, 5.74) is 5.43. The molecule has 2 aromatic heterocycles. The molecular formula is C34H43N3O3S2. The highest BCUT2D eigenvalue weighted by Gasteiger charge is 2.20. The van der Waals surface area contributed by atoms with E-state index in [9.17, 15) is 9.90 Å². The van der Waals surface area contributed by atoms with Crippen LogP contribution < -0.4 is 4.74 Å². The number of benzene rings is 2. The lowest BCUT2D eigenvalue weighted by Crippen LogP contribution is -2.29. The highest BCUT2D eigenvalue weighted by atomic mass is 32.1. The van der Waals surface area contributed by atoms with Gasteiger partial charge in [0.1, 0.15) is 22.4 Å². The Morgan fingerprint density at radius 1 is 0.905 bits per heavy atom. The Bertz CT molecular complexity index is 1400. The third-order valence-electron chi connectivity index (χ3n) is 7.23. The second-order valence-electron chi connectivity index (χ2n) is 11.9. The number of carbonyl (C=O) groups is 1. The second kappa shape index (κ2) is 14.9. The monoisotopic (exact) mass is 605 g/mol. The van der Waals surface area contributed by atoms with Crippen molar-refractivity contribution >= 4 is 28.6 Å². The van der Waals surface area contributed by atoms with Gasteiger partial charge in [0.05, 0.1) is 31.0 Å². The smallest absolute Gasteiger partial charge is 0.317 e. The highest BCUT2D eigenvalue weighted by Crippen LogP contribution is 2.29. The molecule has 8 heteroatoms. The van der Waals surface area contributed by atoms with Crippen LogP contribution in [0.15, 0.2) is 59.3 Å². The average Bonchev–Trinajstić information content (AvgIpc) is 3.62. The molecule has 0 aliphatic carbocycles. The van der Waals surface area contributed by atoms with E-state index in [-0.39, 0.29) is 12.0 Å². The molecule has 4 rings (SSSR count). The molecule has 0 unspecified atom stereocenters. The fourth-order valence-corrected chi connectivity index (χ4v) is 6.84. The topological polar surface area (TPSA) is 75.5 Å². The van der Waals surface area contributed by atoms with E-state index in [1.165, 1.54) is 31.2 Å². The number of rotatable bonds is 15. The van der Waals surface area contributed by atoms with Gasteiger partial charge in [-0.2, -0.15) is 0 Å². The summed E-state index contributed by atoms with van der Waals surface area (Å²) >= 11 is 3.13. The molecule has 0 fully saturated rings. The van der Waals surface area contributed by atoms with Crippen LogP contribution in [0.4, 0.5) is 0 Å². The van der Waals surface area contributed by atoms with E-state index >= 15 is 0 Å². The highest BCUT2D eigenvalue weighted by molar-refractivity contribution is 7.10. The van der Waals surface area contributed by atoms with Crippen LogP contribution >= 0.6 is 22.7 Å². The lowest BCUT2D eigenvalue weighted by atomic mass is 9.90. The zero-order chi connectivity index (χ0) is 30.1. The van der Waals surface area contributed by atoms with Crippen molar-refractivity contribution in [3.05, 3.63) is 86.1 Å². The molecule has 42 heavy (non-hydrogen) atoms. The molecule has 0 amide bonds. The molecule has 0 saturated heterocycles. The molecule has 4 aromatic rings. The van der Waals surface area contributed by atoms with E-state index in [0.717, 1.165) is 38.3 Å². The molecule has 0 bridgehead atoms. The van der Waals surface area contributed by atoms with Gasteiger partial charge in [-0.3, -0.25) is 9.69 Å². The first kappa shape index (κ1) is 31.9. The summed E-state index contributed by atoms with van der Waals surface area (Å²) in [6.07, 6.45) is 4.87. The molecule has 6 nitrogen and oxygen atoms in total. The number of nitrogens with zero attached hydrogens (tertiary/aromatic N) is 3. The first-order chi connectivity index (χ1) is 20.1. The number of hydrogen-bond donors (Lipinski definition) is 1. The van der Waals surface area contributed by atoms with E-state index in [2.05, 4.69) is 88.5 Å². The van der Waals surface area contributed by atoms with Gasteiger partial charge in [0, 0.05) is 21.7 Å². The molecular weight excluding hydrogens is 563 g/mol. The average molecular weight is 606 g/mol. The number of carboxylic acids is 1. The Labute approximate surface area is 258 Å². The van der Waals surface area contributed by atoms with Gasteiger partial charge in [-0.25, -0.2) is 9.97 Å². The minimum atomic E-state index is -0.856. The Balaban J connectivity index is 1.34. The normalized spacial score (nSPS) is 11.9. The van der Waals surface area contributed by atoms with Crippen LogP contribution in [0.1, 0.15) is 93.1 Å². The van der Waals surface area contributed by atoms with Gasteiger partial charge >= 0.3 is 5.97 Å². The fourth-order valence-electron chi connectivity index (χ4n) is 4.93. The Hall–Kier alpha value is -3.07. The minimum absolute atomic E-state index is 0.0319. The quantitative estimate of drug-likeness (QED) is 0.146. The van der Waals surface area contributed by atoms with Gasteiger partial charge < -0.3 is 9.84 Å². The Kier molecular flexibility index (Phi) is 11.3. The van der Waals surface area contributed by atoms with Gasteiger partial charge in [-0.05, 0) is 42.0 Å². The van der Waals surface area contributed by atoms with Crippen molar-refractivity contribution in [2.45, 2.75) is 91.3 Å². The van der Waals surface area contributed by atoms with Crippen LogP contribution in [-0.2, 0) is 29.9 Å². The Morgan fingerprint density at radius 2 is 1.52 bits per heavy atom. The van der Waals surface area contributed by atoms with Gasteiger partial charge in [0.2, 0.25) is 0 Å². The molecule has 1 N–H and O–H groups in total. The largest absolute Gasteiger partial charge is 0.489 e. The van der Waals surface area contributed by atoms with Crippen molar-refractivity contribution in [3.63, 3.8) is 0 Å². The van der Waals surface area contributed by atoms with Crippen LogP contribution in [0.25, 0.3) is 11.3 Å². The fraction of sp³-hybridized carbons (Fsp3) is 0.441. The molecule has 0 aliphatic rings. The summed E-state index contributed by atoms with van der Waals surface area (Å²) in [4.78, 5) is 23.0.